The number of amides is 1. The fourth-order valence-electron chi connectivity index (χ4n) is 1.28. The van der Waals surface area contributed by atoms with Gasteiger partial charge in [0.15, 0.2) is 0 Å². The third-order valence-corrected chi connectivity index (χ3v) is 3.53. The molecular formula is C12H14ClNO3S. The lowest BCUT2D eigenvalue weighted by Crippen LogP contribution is -2.32. The molecule has 0 spiro atoms. The highest BCUT2D eigenvalue weighted by molar-refractivity contribution is 7.17. The van der Waals surface area contributed by atoms with E-state index in [-0.39, 0.29) is 12.5 Å². The number of likely N-dealkylation sites (N-methyl/N-ethyl adjacent to an activating group) is 1. The van der Waals surface area contributed by atoms with Crippen LogP contribution in [0.2, 0.25) is 4.34 Å². The van der Waals surface area contributed by atoms with Crippen molar-refractivity contribution < 1.29 is 14.7 Å². The van der Waals surface area contributed by atoms with E-state index >= 15 is 0 Å². The molecule has 0 aromatic carbocycles. The van der Waals surface area contributed by atoms with E-state index < -0.39 is 11.9 Å². The third-order valence-electron chi connectivity index (χ3n) is 2.33. The first-order valence-corrected chi connectivity index (χ1v) is 6.51. The van der Waals surface area contributed by atoms with E-state index in [4.69, 9.17) is 16.7 Å². The van der Waals surface area contributed by atoms with Crippen molar-refractivity contribution in [2.24, 2.45) is 5.92 Å². The Morgan fingerprint density at radius 3 is 2.72 bits per heavy atom. The van der Waals surface area contributed by atoms with Gasteiger partial charge in [-0.2, -0.15) is 0 Å². The molecule has 0 saturated heterocycles. The van der Waals surface area contributed by atoms with Crippen LogP contribution in [0.1, 0.15) is 11.8 Å². The van der Waals surface area contributed by atoms with E-state index in [1.54, 1.807) is 26.1 Å². The number of carbonyl (C=O) groups is 2. The second-order valence-corrected chi connectivity index (χ2v) is 5.68. The number of carbonyl (C=O) groups excluding carboxylic acids is 1. The molecule has 6 heteroatoms. The summed E-state index contributed by atoms with van der Waals surface area (Å²) in [4.78, 5) is 24.6. The number of hydrogen-bond acceptors (Lipinski definition) is 3. The molecule has 0 radical (unpaired) electrons. The van der Waals surface area contributed by atoms with Crippen LogP contribution >= 0.6 is 22.9 Å². The predicted octanol–water partition coefficient (Wildman–Crippen LogP) is 2.59. The molecule has 4 nitrogen and oxygen atoms in total. The average Bonchev–Trinajstić information content (AvgIpc) is 2.71. The molecule has 1 heterocycles. The van der Waals surface area contributed by atoms with Gasteiger partial charge in [0.1, 0.15) is 0 Å². The van der Waals surface area contributed by atoms with Crippen molar-refractivity contribution in [1.82, 2.24) is 4.90 Å². The first kappa shape index (κ1) is 14.7. The maximum atomic E-state index is 11.7. The summed E-state index contributed by atoms with van der Waals surface area (Å²) in [5, 5.41) is 8.75. The SMILES string of the molecule is CC(CN(C)C(=O)/C=C/c1ccc(Cl)s1)C(=O)O. The van der Waals surface area contributed by atoms with E-state index in [1.165, 1.54) is 22.3 Å². The van der Waals surface area contributed by atoms with Gasteiger partial charge in [-0.15, -0.1) is 11.3 Å². The van der Waals surface area contributed by atoms with Gasteiger partial charge in [0.05, 0.1) is 10.3 Å². The molecule has 1 N–H and O–H groups in total. The number of nitrogens with zero attached hydrogens (tertiary/aromatic N) is 1. The molecular weight excluding hydrogens is 274 g/mol. The molecule has 98 valence electrons. The topological polar surface area (TPSA) is 57.6 Å². The zero-order valence-electron chi connectivity index (χ0n) is 10.1. The smallest absolute Gasteiger partial charge is 0.308 e. The molecule has 0 saturated carbocycles. The Morgan fingerprint density at radius 2 is 2.22 bits per heavy atom. The van der Waals surface area contributed by atoms with E-state index in [0.717, 1.165) is 4.88 Å². The van der Waals surface area contributed by atoms with Crippen LogP contribution in [-0.2, 0) is 9.59 Å². The lowest BCUT2D eigenvalue weighted by atomic mass is 10.2. The highest BCUT2D eigenvalue weighted by Gasteiger charge is 2.15. The zero-order valence-corrected chi connectivity index (χ0v) is 11.7. The van der Waals surface area contributed by atoms with Crippen molar-refractivity contribution in [3.05, 3.63) is 27.4 Å². The summed E-state index contributed by atoms with van der Waals surface area (Å²) < 4.78 is 0.662. The molecule has 1 aromatic heterocycles. The van der Waals surface area contributed by atoms with Gasteiger partial charge in [-0.3, -0.25) is 9.59 Å². The first-order chi connectivity index (χ1) is 8.40. The number of rotatable bonds is 5. The summed E-state index contributed by atoms with van der Waals surface area (Å²) in [5.41, 5.74) is 0. The third kappa shape index (κ3) is 4.50. The number of carboxylic acids is 1. The van der Waals surface area contributed by atoms with Crippen molar-refractivity contribution in [2.45, 2.75) is 6.92 Å². The number of halogens is 1. The fraction of sp³-hybridized carbons (Fsp3) is 0.333. The van der Waals surface area contributed by atoms with Crippen molar-refractivity contribution >= 4 is 40.9 Å². The molecule has 0 aliphatic heterocycles. The normalized spacial score (nSPS) is 12.6. The van der Waals surface area contributed by atoms with Crippen LogP contribution in [0.25, 0.3) is 6.08 Å². The van der Waals surface area contributed by atoms with E-state index in [1.807, 2.05) is 6.07 Å². The molecule has 1 amide bonds. The predicted molar refractivity (Wildman–Crippen MR) is 72.8 cm³/mol. The van der Waals surface area contributed by atoms with Crippen molar-refractivity contribution in [3.63, 3.8) is 0 Å². The maximum absolute atomic E-state index is 11.7. The van der Waals surface area contributed by atoms with Crippen LogP contribution in [-0.4, -0.2) is 35.5 Å². The summed E-state index contributed by atoms with van der Waals surface area (Å²) in [6.07, 6.45) is 3.08. The fourth-order valence-corrected chi connectivity index (χ4v) is 2.24. The molecule has 0 fully saturated rings. The van der Waals surface area contributed by atoms with Crippen LogP contribution in [0.5, 0.6) is 0 Å². The highest BCUT2D eigenvalue weighted by Crippen LogP contribution is 2.22. The largest absolute Gasteiger partial charge is 0.481 e. The van der Waals surface area contributed by atoms with Crippen molar-refractivity contribution in [2.75, 3.05) is 13.6 Å². The minimum atomic E-state index is -0.913. The average molecular weight is 288 g/mol. The minimum absolute atomic E-state index is 0.184. The summed E-state index contributed by atoms with van der Waals surface area (Å²) in [6.45, 7) is 1.75. The van der Waals surface area contributed by atoms with E-state index in [0.29, 0.717) is 4.34 Å². The summed E-state index contributed by atoms with van der Waals surface area (Å²) in [6, 6.07) is 3.57. The summed E-state index contributed by atoms with van der Waals surface area (Å²) >= 11 is 7.14. The lowest BCUT2D eigenvalue weighted by molar-refractivity contribution is -0.142. The van der Waals surface area contributed by atoms with Crippen LogP contribution in [0.15, 0.2) is 18.2 Å². The second kappa shape index (κ2) is 6.56. The number of carboxylic acid groups (broad SMARTS) is 1. The molecule has 1 rings (SSSR count). The van der Waals surface area contributed by atoms with E-state index in [2.05, 4.69) is 0 Å². The van der Waals surface area contributed by atoms with Crippen molar-refractivity contribution in [3.8, 4) is 0 Å². The van der Waals surface area contributed by atoms with Crippen LogP contribution in [0, 0.1) is 5.92 Å². The molecule has 1 aromatic rings. The first-order valence-electron chi connectivity index (χ1n) is 5.31. The van der Waals surface area contributed by atoms with Crippen LogP contribution in [0.4, 0.5) is 0 Å². The van der Waals surface area contributed by atoms with Gasteiger partial charge in [-0.05, 0) is 18.2 Å². The summed E-state index contributed by atoms with van der Waals surface area (Å²) in [5.74, 6) is -1.72. The molecule has 18 heavy (non-hydrogen) atoms. The van der Waals surface area contributed by atoms with Crippen LogP contribution < -0.4 is 0 Å². The summed E-state index contributed by atoms with van der Waals surface area (Å²) in [7, 11) is 1.58. The molecule has 0 aliphatic rings. The van der Waals surface area contributed by atoms with Gasteiger partial charge in [0.25, 0.3) is 0 Å². The van der Waals surface area contributed by atoms with Crippen molar-refractivity contribution in [1.29, 1.82) is 0 Å². The molecule has 0 bridgehead atoms. The Hall–Kier alpha value is -1.33. The maximum Gasteiger partial charge on any atom is 0.308 e. The van der Waals surface area contributed by atoms with E-state index in [9.17, 15) is 9.59 Å². The Morgan fingerprint density at radius 1 is 1.56 bits per heavy atom. The monoisotopic (exact) mass is 287 g/mol. The number of hydrogen-bond donors (Lipinski definition) is 1. The Kier molecular flexibility index (Phi) is 5.37. The van der Waals surface area contributed by atoms with Gasteiger partial charge in [0, 0.05) is 24.5 Å². The van der Waals surface area contributed by atoms with Gasteiger partial charge in [-0.25, -0.2) is 0 Å². The van der Waals surface area contributed by atoms with Gasteiger partial charge < -0.3 is 10.0 Å². The Balaban J connectivity index is 2.54. The zero-order chi connectivity index (χ0) is 13.7. The van der Waals surface area contributed by atoms with Gasteiger partial charge in [0.2, 0.25) is 5.91 Å². The number of aliphatic carboxylic acids is 1. The molecule has 1 unspecified atom stereocenters. The standard InChI is InChI=1S/C12H14ClNO3S/c1-8(12(16)17)7-14(2)11(15)6-4-9-3-5-10(13)18-9/h3-6,8H,7H2,1-2H3,(H,16,17)/b6-4+. The quantitative estimate of drug-likeness (QED) is 0.847. The molecule has 0 aliphatic carbocycles. The van der Waals surface area contributed by atoms with Gasteiger partial charge >= 0.3 is 5.97 Å². The lowest BCUT2D eigenvalue weighted by Gasteiger charge is -2.17. The highest BCUT2D eigenvalue weighted by atomic mass is 35.5. The molecule has 1 atom stereocenters. The second-order valence-electron chi connectivity index (χ2n) is 3.93. The number of thiophene rings is 1. The van der Waals surface area contributed by atoms with Gasteiger partial charge in [-0.1, -0.05) is 18.5 Å². The Bertz CT molecular complexity index is 470. The Labute approximate surface area is 114 Å². The minimum Gasteiger partial charge on any atom is -0.481 e. The van der Waals surface area contributed by atoms with Crippen LogP contribution in [0.3, 0.4) is 0 Å².